The van der Waals surface area contributed by atoms with E-state index in [1.807, 2.05) is 39.8 Å². The molecule has 0 saturated carbocycles. The van der Waals surface area contributed by atoms with Crippen molar-refractivity contribution in [2.75, 3.05) is 44.2 Å². The van der Waals surface area contributed by atoms with Gasteiger partial charge >= 0.3 is 11.8 Å². The van der Waals surface area contributed by atoms with Crippen molar-refractivity contribution in [3.63, 3.8) is 0 Å². The Bertz CT molecular complexity index is 2980. The molecule has 5 amide bonds. The van der Waals surface area contributed by atoms with Gasteiger partial charge < -0.3 is 14.7 Å². The Balaban J connectivity index is 0.716. The summed E-state index contributed by atoms with van der Waals surface area (Å²) in [5.74, 6) is -3.03. The number of halogens is 1. The number of anilines is 1. The highest BCUT2D eigenvalue weighted by Crippen LogP contribution is 2.34. The van der Waals surface area contributed by atoms with Crippen LogP contribution in [0.5, 0.6) is 0 Å². The number of hydrogen-bond donors (Lipinski definition) is 3. The summed E-state index contributed by atoms with van der Waals surface area (Å²) in [4.78, 5) is 75.6. The standard InChI is InChI=1S/C51H53FN10O6/c1-29-23-32(5-6-33(29)27-53-46(65)47-55-50(58-68-47)51(2,3)4)44-39-24-31(9-12-41(39)56-57-44)30-7-10-35(11-8-30)60-17-15-36(16-18-60)61-21-19-59(20-22-61)28-34-25-37-38(26-40(34)52)49(67)62(48(37)66)42-13-14-43(63)54-45(42)64/h5-12,23-26,36,42H,13-22,27-28H2,1-4H3,(H,53,65)(H,56,57)(H,54,63,64). The van der Waals surface area contributed by atoms with E-state index < -0.39 is 41.4 Å². The average molecular weight is 921 g/mol. The summed E-state index contributed by atoms with van der Waals surface area (Å²) in [6.45, 7) is 13.6. The molecule has 4 aliphatic rings. The van der Waals surface area contributed by atoms with Gasteiger partial charge in [-0.15, -0.1) is 0 Å². The van der Waals surface area contributed by atoms with Crippen molar-refractivity contribution in [2.45, 2.75) is 84.0 Å². The van der Waals surface area contributed by atoms with E-state index in [0.717, 1.165) is 107 Å². The second kappa shape index (κ2) is 17.8. The first-order valence-corrected chi connectivity index (χ1v) is 23.2. The molecule has 3 fully saturated rings. The first-order chi connectivity index (χ1) is 32.7. The normalized spacial score (nSPS) is 18.7. The Morgan fingerprint density at radius 2 is 1.53 bits per heavy atom. The third kappa shape index (κ3) is 8.67. The maximum atomic E-state index is 15.4. The number of nitrogens with one attached hydrogen (secondary N) is 3. The lowest BCUT2D eigenvalue weighted by Gasteiger charge is -2.43. The molecule has 350 valence electrons. The molecule has 17 heteroatoms. The van der Waals surface area contributed by atoms with Crippen molar-refractivity contribution in [2.24, 2.45) is 0 Å². The average Bonchev–Trinajstić information content (AvgIpc) is 4.06. The minimum Gasteiger partial charge on any atom is -0.371 e. The van der Waals surface area contributed by atoms with E-state index in [4.69, 9.17) is 9.62 Å². The van der Waals surface area contributed by atoms with Gasteiger partial charge in [-0.25, -0.2) is 4.39 Å². The van der Waals surface area contributed by atoms with E-state index in [0.29, 0.717) is 30.5 Å². The molecule has 1 unspecified atom stereocenters. The van der Waals surface area contributed by atoms with Crippen LogP contribution >= 0.6 is 0 Å². The van der Waals surface area contributed by atoms with Crippen molar-refractivity contribution >= 4 is 46.1 Å². The number of nitrogens with zero attached hydrogens (tertiary/aromatic N) is 7. The van der Waals surface area contributed by atoms with Crippen molar-refractivity contribution in [1.82, 2.24) is 45.7 Å². The number of benzene rings is 4. The van der Waals surface area contributed by atoms with E-state index in [1.54, 1.807) is 0 Å². The van der Waals surface area contributed by atoms with Gasteiger partial charge in [0.1, 0.15) is 11.9 Å². The van der Waals surface area contributed by atoms with Gasteiger partial charge in [0, 0.05) is 92.4 Å². The second-order valence-corrected chi connectivity index (χ2v) is 19.3. The number of imide groups is 2. The number of piperidine rings is 2. The molecule has 6 heterocycles. The third-order valence-corrected chi connectivity index (χ3v) is 13.9. The Morgan fingerprint density at radius 1 is 0.824 bits per heavy atom. The van der Waals surface area contributed by atoms with Crippen LogP contribution in [0.25, 0.3) is 33.3 Å². The molecule has 10 rings (SSSR count). The zero-order valence-electron chi connectivity index (χ0n) is 38.5. The molecule has 3 saturated heterocycles. The number of carbonyl (C=O) groups is 5. The lowest BCUT2D eigenvalue weighted by atomic mass is 9.96. The minimum absolute atomic E-state index is 0.0214. The Morgan fingerprint density at radius 3 is 2.22 bits per heavy atom. The fourth-order valence-electron chi connectivity index (χ4n) is 9.86. The number of H-pyrrole nitrogens is 1. The zero-order valence-corrected chi connectivity index (χ0v) is 38.5. The molecule has 6 aromatic rings. The molecule has 16 nitrogen and oxygen atoms in total. The third-order valence-electron chi connectivity index (χ3n) is 13.9. The Kier molecular flexibility index (Phi) is 11.7. The number of amides is 5. The summed E-state index contributed by atoms with van der Waals surface area (Å²) in [6, 6.07) is 23.2. The van der Waals surface area contributed by atoms with Gasteiger partial charge in [0.05, 0.1) is 22.3 Å². The first kappa shape index (κ1) is 44.7. The van der Waals surface area contributed by atoms with Crippen LogP contribution in [0.4, 0.5) is 10.1 Å². The van der Waals surface area contributed by atoms with Gasteiger partial charge in [-0.1, -0.05) is 56.3 Å². The van der Waals surface area contributed by atoms with E-state index >= 15 is 4.39 Å². The van der Waals surface area contributed by atoms with Crippen LogP contribution in [0, 0.1) is 12.7 Å². The monoisotopic (exact) mass is 920 g/mol. The number of aromatic nitrogens is 4. The van der Waals surface area contributed by atoms with E-state index in [2.05, 4.69) is 89.1 Å². The van der Waals surface area contributed by atoms with Crippen LogP contribution < -0.4 is 15.5 Å². The number of carbonyl (C=O) groups excluding carboxylic acids is 5. The number of aryl methyl sites for hydroxylation is 1. The summed E-state index contributed by atoms with van der Waals surface area (Å²) in [5, 5.41) is 17.9. The molecule has 0 bridgehead atoms. The lowest BCUT2D eigenvalue weighted by Crippen LogP contribution is -2.54. The number of fused-ring (bicyclic) bond motifs is 2. The van der Waals surface area contributed by atoms with E-state index in [9.17, 15) is 24.0 Å². The molecule has 2 aromatic heterocycles. The maximum Gasteiger partial charge on any atom is 0.315 e. The molecule has 68 heavy (non-hydrogen) atoms. The Labute approximate surface area is 392 Å². The van der Waals surface area contributed by atoms with Crippen molar-refractivity contribution in [3.8, 4) is 22.4 Å². The van der Waals surface area contributed by atoms with Crippen LogP contribution in [0.3, 0.4) is 0 Å². The fraction of sp³-hybridized carbons (Fsp3) is 0.373. The SMILES string of the molecule is Cc1cc(-c2n[nH]c3ccc(-c4ccc(N5CCC(N6CCN(Cc7cc8c(cc7F)C(=O)N(C7CCC(=O)NC7=O)C8=O)CC6)CC5)cc4)cc23)ccc1CNC(=O)c1nc(C(C)(C)C)no1. The summed E-state index contributed by atoms with van der Waals surface area (Å²) in [5.41, 5.74) is 8.21. The maximum absolute atomic E-state index is 15.4. The quantitative estimate of drug-likeness (QED) is 0.133. The smallest absolute Gasteiger partial charge is 0.315 e. The molecule has 0 radical (unpaired) electrons. The van der Waals surface area contributed by atoms with Crippen molar-refractivity contribution in [3.05, 3.63) is 118 Å². The van der Waals surface area contributed by atoms with Gasteiger partial charge in [-0.2, -0.15) is 10.1 Å². The van der Waals surface area contributed by atoms with E-state index in [-0.39, 0.29) is 35.3 Å². The lowest BCUT2D eigenvalue weighted by molar-refractivity contribution is -0.136. The largest absolute Gasteiger partial charge is 0.371 e. The van der Waals surface area contributed by atoms with Crippen LogP contribution in [0.1, 0.15) is 100 Å². The molecule has 4 aliphatic heterocycles. The van der Waals surface area contributed by atoms with Gasteiger partial charge in [0.15, 0.2) is 5.82 Å². The van der Waals surface area contributed by atoms with Crippen LogP contribution in [-0.2, 0) is 28.1 Å². The highest BCUT2D eigenvalue weighted by atomic mass is 19.1. The highest BCUT2D eigenvalue weighted by molar-refractivity contribution is 6.23. The number of piperazine rings is 1. The van der Waals surface area contributed by atoms with E-state index in [1.165, 1.54) is 11.8 Å². The number of rotatable bonds is 10. The molecular weight excluding hydrogens is 868 g/mol. The molecule has 4 aromatic carbocycles. The van der Waals surface area contributed by atoms with Crippen LogP contribution in [-0.4, -0.2) is 116 Å². The van der Waals surface area contributed by atoms with Crippen LogP contribution in [0.15, 0.2) is 77.3 Å². The summed E-state index contributed by atoms with van der Waals surface area (Å²) >= 11 is 0. The van der Waals surface area contributed by atoms with Gasteiger partial charge in [0.25, 0.3) is 11.8 Å². The summed E-state index contributed by atoms with van der Waals surface area (Å²) in [6.07, 6.45) is 2.14. The number of aromatic amines is 1. The van der Waals surface area contributed by atoms with Gasteiger partial charge in [-0.3, -0.25) is 49.1 Å². The fourth-order valence-corrected chi connectivity index (χ4v) is 9.86. The second-order valence-electron chi connectivity index (χ2n) is 19.3. The predicted octanol–water partition coefficient (Wildman–Crippen LogP) is 6.14. The molecule has 3 N–H and O–H groups in total. The number of hydrogen-bond acceptors (Lipinski definition) is 12. The van der Waals surface area contributed by atoms with Crippen molar-refractivity contribution in [1.29, 1.82) is 0 Å². The minimum atomic E-state index is -1.09. The zero-order chi connectivity index (χ0) is 47.4. The topological polar surface area (TPSA) is 190 Å². The van der Waals surface area contributed by atoms with Gasteiger partial charge in [0.2, 0.25) is 11.8 Å². The van der Waals surface area contributed by atoms with Gasteiger partial charge in [-0.05, 0) is 90.9 Å². The van der Waals surface area contributed by atoms with Crippen molar-refractivity contribution < 1.29 is 32.9 Å². The summed E-state index contributed by atoms with van der Waals surface area (Å²) < 4.78 is 20.6. The highest BCUT2D eigenvalue weighted by Gasteiger charge is 2.45. The molecular formula is C51H53FN10O6. The molecule has 1 atom stereocenters. The summed E-state index contributed by atoms with van der Waals surface area (Å²) in [7, 11) is 0. The molecule has 0 spiro atoms. The predicted molar refractivity (Wildman–Crippen MR) is 251 cm³/mol. The molecule has 0 aliphatic carbocycles. The van der Waals surface area contributed by atoms with Crippen LogP contribution in [0.2, 0.25) is 0 Å². The first-order valence-electron chi connectivity index (χ1n) is 23.2. The Hall–Kier alpha value is -7.11.